The van der Waals surface area contributed by atoms with Crippen LogP contribution in [0.1, 0.15) is 23.1 Å². The van der Waals surface area contributed by atoms with E-state index in [1.807, 2.05) is 36.4 Å². The number of fused-ring (bicyclic) bond motifs is 1. The van der Waals surface area contributed by atoms with Gasteiger partial charge in [-0.15, -0.1) is 0 Å². The summed E-state index contributed by atoms with van der Waals surface area (Å²) in [6.45, 7) is 2.46. The van der Waals surface area contributed by atoms with Crippen LogP contribution >= 0.6 is 0 Å². The van der Waals surface area contributed by atoms with Crippen LogP contribution in [-0.4, -0.2) is 17.5 Å². The number of hydrogen-bond donors (Lipinski definition) is 0. The van der Waals surface area contributed by atoms with Gasteiger partial charge in [-0.25, -0.2) is 9.13 Å². The van der Waals surface area contributed by atoms with Crippen molar-refractivity contribution < 1.29 is 31.1 Å². The van der Waals surface area contributed by atoms with Gasteiger partial charge in [0.05, 0.1) is 14.2 Å². The number of Topliss-reactive ketones (excluding diaryl/α,β-unsaturated/α-hetero) is 1. The number of methoxy groups -OCH3 is 1. The third kappa shape index (κ3) is 3.22. The zero-order valence-corrected chi connectivity index (χ0v) is 15.7. The van der Waals surface area contributed by atoms with Crippen LogP contribution < -0.4 is 26.3 Å². The molecule has 3 aromatic rings. The minimum atomic E-state index is 0. The molecule has 1 aromatic heterocycles. The Morgan fingerprint density at radius 3 is 2.42 bits per heavy atom. The maximum atomic E-state index is 12.7. The standard InChI is InChI=1S/C19H21N2O2.BrH/c1-4-19-20(2)16-7-5-6-8-17(16)21(19)13-18(22)14-9-11-15(23-3)12-10-14;/h5-12H,4,13H2,1-3H3;1H/q+1;/p-1. The molecule has 0 atom stereocenters. The van der Waals surface area contributed by atoms with Gasteiger partial charge in [0.25, 0.3) is 5.82 Å². The molecule has 126 valence electrons. The van der Waals surface area contributed by atoms with Crippen LogP contribution in [0, 0.1) is 0 Å². The van der Waals surface area contributed by atoms with Gasteiger partial charge in [0.1, 0.15) is 5.75 Å². The monoisotopic (exact) mass is 388 g/mol. The molecule has 1 heterocycles. The molecule has 0 unspecified atom stereocenters. The highest BCUT2D eigenvalue weighted by Gasteiger charge is 2.23. The van der Waals surface area contributed by atoms with E-state index in [0.717, 1.165) is 29.0 Å². The lowest BCUT2D eigenvalue weighted by molar-refractivity contribution is -0.653. The number of benzene rings is 2. The maximum absolute atomic E-state index is 12.7. The highest BCUT2D eigenvalue weighted by molar-refractivity contribution is 5.96. The number of carbonyl (C=O) groups is 1. The Morgan fingerprint density at radius 2 is 1.79 bits per heavy atom. The van der Waals surface area contributed by atoms with E-state index in [9.17, 15) is 4.79 Å². The first kappa shape index (κ1) is 18.2. The van der Waals surface area contributed by atoms with Gasteiger partial charge in [-0.05, 0) is 36.4 Å². The molecular weight excluding hydrogens is 368 g/mol. The van der Waals surface area contributed by atoms with Crippen LogP contribution in [0.3, 0.4) is 0 Å². The van der Waals surface area contributed by atoms with Crippen molar-refractivity contribution in [2.75, 3.05) is 7.11 Å². The number of ketones is 1. The van der Waals surface area contributed by atoms with E-state index in [4.69, 9.17) is 4.74 Å². The summed E-state index contributed by atoms with van der Waals surface area (Å²) in [4.78, 5) is 12.7. The molecule has 3 rings (SSSR count). The average Bonchev–Trinajstić information content (AvgIpc) is 2.87. The number of imidazole rings is 1. The normalized spacial score (nSPS) is 10.5. The largest absolute Gasteiger partial charge is 1.00 e. The van der Waals surface area contributed by atoms with Crippen LogP contribution in [0.5, 0.6) is 5.75 Å². The molecule has 24 heavy (non-hydrogen) atoms. The summed E-state index contributed by atoms with van der Waals surface area (Å²) in [7, 11) is 3.67. The molecule has 0 amide bonds. The summed E-state index contributed by atoms with van der Waals surface area (Å²) in [5.74, 6) is 2.00. The van der Waals surface area contributed by atoms with E-state index >= 15 is 0 Å². The molecule has 0 saturated heterocycles. The molecule has 0 saturated carbocycles. The Kier molecular flexibility index (Phi) is 5.78. The zero-order valence-electron chi connectivity index (χ0n) is 14.1. The summed E-state index contributed by atoms with van der Waals surface area (Å²) < 4.78 is 9.42. The first-order valence-electron chi connectivity index (χ1n) is 7.79. The molecule has 0 aliphatic heterocycles. The molecule has 0 aliphatic rings. The lowest BCUT2D eigenvalue weighted by atomic mass is 10.1. The van der Waals surface area contributed by atoms with Gasteiger partial charge in [-0.2, -0.15) is 0 Å². The van der Waals surface area contributed by atoms with Gasteiger partial charge in [0.2, 0.25) is 5.78 Å². The van der Waals surface area contributed by atoms with E-state index in [0.29, 0.717) is 12.1 Å². The van der Waals surface area contributed by atoms with Crippen molar-refractivity contribution in [3.63, 3.8) is 0 Å². The molecular formula is C19H21BrN2O2. The second-order valence-corrected chi connectivity index (χ2v) is 5.56. The lowest BCUT2D eigenvalue weighted by Crippen LogP contribution is -3.00. The van der Waals surface area contributed by atoms with Crippen LogP contribution in [0.15, 0.2) is 48.5 Å². The predicted molar refractivity (Wildman–Crippen MR) is 89.8 cm³/mol. The highest BCUT2D eigenvalue weighted by Crippen LogP contribution is 2.17. The minimum absolute atomic E-state index is 0. The van der Waals surface area contributed by atoms with Crippen LogP contribution in [-0.2, 0) is 20.0 Å². The SMILES string of the molecule is CCc1n(CC(=O)c2ccc(OC)cc2)c2ccccc2[n+]1C.[Br-]. The third-order valence-corrected chi connectivity index (χ3v) is 4.26. The number of halogens is 1. The van der Waals surface area contributed by atoms with E-state index < -0.39 is 0 Å². The van der Waals surface area contributed by atoms with Crippen molar-refractivity contribution >= 4 is 16.8 Å². The number of para-hydroxylation sites is 2. The summed E-state index contributed by atoms with van der Waals surface area (Å²) in [6.07, 6.45) is 0.876. The molecule has 0 fully saturated rings. The fourth-order valence-electron chi connectivity index (χ4n) is 3.05. The Bertz CT molecular complexity index is 854. The topological polar surface area (TPSA) is 35.1 Å². The van der Waals surface area contributed by atoms with Crippen molar-refractivity contribution in [3.05, 3.63) is 59.9 Å². The number of ether oxygens (including phenoxy) is 1. The maximum Gasteiger partial charge on any atom is 0.257 e. The first-order chi connectivity index (χ1) is 11.2. The van der Waals surface area contributed by atoms with Crippen molar-refractivity contribution in [1.29, 1.82) is 0 Å². The third-order valence-electron chi connectivity index (χ3n) is 4.26. The number of carbonyl (C=O) groups excluding carboxylic acids is 1. The summed E-state index contributed by atoms with van der Waals surface area (Å²) in [5, 5.41) is 0. The predicted octanol–water partition coefficient (Wildman–Crippen LogP) is -0.0763. The molecule has 2 aromatic carbocycles. The van der Waals surface area contributed by atoms with Gasteiger partial charge in [0.15, 0.2) is 17.6 Å². The van der Waals surface area contributed by atoms with Gasteiger partial charge in [0, 0.05) is 12.0 Å². The summed E-state index contributed by atoms with van der Waals surface area (Å²) >= 11 is 0. The van der Waals surface area contributed by atoms with E-state index in [1.165, 1.54) is 0 Å². The molecule has 0 radical (unpaired) electrons. The number of rotatable bonds is 5. The molecule has 0 bridgehead atoms. The van der Waals surface area contributed by atoms with Gasteiger partial charge >= 0.3 is 0 Å². The molecule has 4 nitrogen and oxygen atoms in total. The smallest absolute Gasteiger partial charge is 0.257 e. The minimum Gasteiger partial charge on any atom is -1.00 e. The van der Waals surface area contributed by atoms with Crippen molar-refractivity contribution in [2.45, 2.75) is 19.9 Å². The number of nitrogens with zero attached hydrogens (tertiary/aromatic N) is 2. The van der Waals surface area contributed by atoms with Crippen molar-refractivity contribution in [1.82, 2.24) is 4.57 Å². The Balaban J connectivity index is 0.00000208. The average molecular weight is 389 g/mol. The quantitative estimate of drug-likeness (QED) is 0.452. The second kappa shape index (κ2) is 7.62. The Morgan fingerprint density at radius 1 is 1.12 bits per heavy atom. The number of aromatic nitrogens is 2. The molecule has 0 spiro atoms. The fraction of sp³-hybridized carbons (Fsp3) is 0.263. The molecule has 0 aliphatic carbocycles. The Labute approximate surface area is 152 Å². The van der Waals surface area contributed by atoms with Gasteiger partial charge < -0.3 is 21.7 Å². The molecule has 5 heteroatoms. The van der Waals surface area contributed by atoms with Gasteiger partial charge in [-0.3, -0.25) is 4.79 Å². The lowest BCUT2D eigenvalue weighted by Gasteiger charge is -2.04. The number of aryl methyl sites for hydroxylation is 1. The van der Waals surface area contributed by atoms with E-state index in [1.54, 1.807) is 7.11 Å². The number of hydrogen-bond acceptors (Lipinski definition) is 2. The van der Waals surface area contributed by atoms with Crippen molar-refractivity contribution in [2.24, 2.45) is 7.05 Å². The first-order valence-corrected chi connectivity index (χ1v) is 7.79. The van der Waals surface area contributed by atoms with E-state index in [-0.39, 0.29) is 22.8 Å². The van der Waals surface area contributed by atoms with Crippen LogP contribution in [0.25, 0.3) is 11.0 Å². The fourth-order valence-corrected chi connectivity index (χ4v) is 3.05. The summed E-state index contributed by atoms with van der Waals surface area (Å²) in [6, 6.07) is 15.5. The Hall–Kier alpha value is -2.14. The van der Waals surface area contributed by atoms with Crippen molar-refractivity contribution in [3.8, 4) is 5.75 Å². The van der Waals surface area contributed by atoms with Crippen LogP contribution in [0.2, 0.25) is 0 Å². The molecule has 0 N–H and O–H groups in total. The zero-order chi connectivity index (χ0) is 16.4. The second-order valence-electron chi connectivity index (χ2n) is 5.56. The highest BCUT2D eigenvalue weighted by atomic mass is 79.9. The van der Waals surface area contributed by atoms with Gasteiger partial charge in [-0.1, -0.05) is 19.1 Å². The van der Waals surface area contributed by atoms with E-state index in [2.05, 4.69) is 35.2 Å². The summed E-state index contributed by atoms with van der Waals surface area (Å²) in [5.41, 5.74) is 2.94. The van der Waals surface area contributed by atoms with Crippen LogP contribution in [0.4, 0.5) is 0 Å².